The highest BCUT2D eigenvalue weighted by Crippen LogP contribution is 2.11. The molecule has 0 spiro atoms. The Balaban J connectivity index is 2.24. The number of ether oxygens (including phenoxy) is 1. The van der Waals surface area contributed by atoms with Gasteiger partial charge in [-0.1, -0.05) is 0 Å². The molecule has 1 fully saturated rings. The molecule has 0 aromatic rings. The number of rotatable bonds is 7. The average molecular weight is 363 g/mol. The Morgan fingerprint density at radius 3 is 2.50 bits per heavy atom. The molecule has 1 heterocycles. The molecule has 10 heteroatoms. The van der Waals surface area contributed by atoms with Gasteiger partial charge in [0.15, 0.2) is 5.96 Å². The highest BCUT2D eigenvalue weighted by molar-refractivity contribution is 7.88. The lowest BCUT2D eigenvalue weighted by atomic mass is 10.1. The second kappa shape index (κ2) is 10.3. The van der Waals surface area contributed by atoms with Crippen LogP contribution in [-0.4, -0.2) is 77.5 Å². The lowest BCUT2D eigenvalue weighted by Crippen LogP contribution is -2.50. The fourth-order valence-corrected chi connectivity index (χ4v) is 2.88. The van der Waals surface area contributed by atoms with Crippen LogP contribution in [0.3, 0.4) is 0 Å². The Bertz CT molecular complexity index is 515. The number of carbonyl (C=O) groups is 1. The molecule has 1 aliphatic rings. The van der Waals surface area contributed by atoms with Gasteiger partial charge >= 0.3 is 6.09 Å². The van der Waals surface area contributed by atoms with Gasteiger partial charge in [-0.25, -0.2) is 17.9 Å². The maximum atomic E-state index is 11.7. The molecule has 1 amide bonds. The lowest BCUT2D eigenvalue weighted by Gasteiger charge is -2.32. The van der Waals surface area contributed by atoms with Crippen LogP contribution < -0.4 is 15.4 Å². The zero-order valence-corrected chi connectivity index (χ0v) is 15.5. The third-order valence-corrected chi connectivity index (χ3v) is 4.32. The van der Waals surface area contributed by atoms with Crippen LogP contribution in [-0.2, 0) is 14.8 Å². The second-order valence-electron chi connectivity index (χ2n) is 5.62. The van der Waals surface area contributed by atoms with Gasteiger partial charge in [0, 0.05) is 39.3 Å². The van der Waals surface area contributed by atoms with Crippen molar-refractivity contribution >= 4 is 22.1 Å². The first-order chi connectivity index (χ1) is 11.4. The van der Waals surface area contributed by atoms with Crippen molar-refractivity contribution in [3.63, 3.8) is 0 Å². The van der Waals surface area contributed by atoms with Crippen molar-refractivity contribution in [1.29, 1.82) is 0 Å². The Morgan fingerprint density at radius 2 is 1.96 bits per heavy atom. The van der Waals surface area contributed by atoms with Gasteiger partial charge in [0.05, 0.1) is 12.9 Å². The molecule has 0 unspecified atom stereocenters. The molecular formula is C14H29N5O4S. The predicted molar refractivity (Wildman–Crippen MR) is 93.6 cm³/mol. The Morgan fingerprint density at radius 1 is 1.29 bits per heavy atom. The van der Waals surface area contributed by atoms with E-state index in [2.05, 4.69) is 20.3 Å². The summed E-state index contributed by atoms with van der Waals surface area (Å²) in [5.41, 5.74) is 0. The minimum Gasteiger partial charge on any atom is -0.450 e. The molecule has 0 saturated carbocycles. The second-order valence-corrected chi connectivity index (χ2v) is 7.46. The van der Waals surface area contributed by atoms with E-state index in [4.69, 9.17) is 4.74 Å². The molecule has 1 rings (SSSR count). The molecular weight excluding hydrogens is 334 g/mol. The molecule has 0 aromatic heterocycles. The van der Waals surface area contributed by atoms with E-state index in [1.165, 1.54) is 0 Å². The summed E-state index contributed by atoms with van der Waals surface area (Å²) in [6.45, 7) is 4.51. The molecule has 1 saturated heterocycles. The van der Waals surface area contributed by atoms with Crippen LogP contribution in [0.25, 0.3) is 0 Å². The van der Waals surface area contributed by atoms with Crippen LogP contribution >= 0.6 is 0 Å². The number of nitrogens with one attached hydrogen (secondary N) is 3. The topological polar surface area (TPSA) is 112 Å². The van der Waals surface area contributed by atoms with Gasteiger partial charge in [-0.15, -0.1) is 0 Å². The van der Waals surface area contributed by atoms with Crippen LogP contribution in [0, 0.1) is 0 Å². The first kappa shape index (κ1) is 20.5. The molecule has 0 radical (unpaired) electrons. The molecule has 0 aromatic carbocycles. The highest BCUT2D eigenvalue weighted by Gasteiger charge is 2.23. The zero-order chi connectivity index (χ0) is 18.0. The van der Waals surface area contributed by atoms with Crippen LogP contribution in [0.4, 0.5) is 4.79 Å². The fourth-order valence-electron chi connectivity index (χ4n) is 2.36. The summed E-state index contributed by atoms with van der Waals surface area (Å²) in [5.74, 6) is 0.684. The Labute approximate surface area is 144 Å². The van der Waals surface area contributed by atoms with Gasteiger partial charge in [0.1, 0.15) is 0 Å². The Hall–Kier alpha value is -1.55. The third-order valence-electron chi connectivity index (χ3n) is 3.60. The molecule has 140 valence electrons. The first-order valence-electron chi connectivity index (χ1n) is 8.19. The summed E-state index contributed by atoms with van der Waals surface area (Å²) in [6.07, 6.45) is 3.21. The quantitative estimate of drug-likeness (QED) is 0.326. The van der Waals surface area contributed by atoms with Crippen molar-refractivity contribution in [3.05, 3.63) is 0 Å². The highest BCUT2D eigenvalue weighted by atomic mass is 32.2. The zero-order valence-electron chi connectivity index (χ0n) is 14.7. The van der Waals surface area contributed by atoms with E-state index >= 15 is 0 Å². The van der Waals surface area contributed by atoms with Gasteiger partial charge in [-0.05, 0) is 26.2 Å². The number of aliphatic imine (C=N–C) groups is 1. The smallest absolute Gasteiger partial charge is 0.409 e. The van der Waals surface area contributed by atoms with Crippen molar-refractivity contribution in [3.8, 4) is 0 Å². The van der Waals surface area contributed by atoms with Gasteiger partial charge in [-0.3, -0.25) is 4.99 Å². The van der Waals surface area contributed by atoms with E-state index in [9.17, 15) is 13.2 Å². The lowest BCUT2D eigenvalue weighted by molar-refractivity contribution is 0.0963. The minimum atomic E-state index is -3.14. The number of guanidine groups is 1. The van der Waals surface area contributed by atoms with Crippen molar-refractivity contribution < 1.29 is 17.9 Å². The van der Waals surface area contributed by atoms with E-state index in [1.807, 2.05) is 0 Å². The molecule has 24 heavy (non-hydrogen) atoms. The maximum absolute atomic E-state index is 11.7. The number of nitrogens with zero attached hydrogens (tertiary/aromatic N) is 2. The van der Waals surface area contributed by atoms with Crippen LogP contribution in [0.2, 0.25) is 0 Å². The van der Waals surface area contributed by atoms with Crippen LogP contribution in [0.5, 0.6) is 0 Å². The van der Waals surface area contributed by atoms with E-state index in [-0.39, 0.29) is 12.1 Å². The summed E-state index contributed by atoms with van der Waals surface area (Å²) in [5, 5.41) is 6.48. The minimum absolute atomic E-state index is 0.246. The summed E-state index contributed by atoms with van der Waals surface area (Å²) in [4.78, 5) is 17.5. The summed E-state index contributed by atoms with van der Waals surface area (Å²) < 4.78 is 29.4. The van der Waals surface area contributed by atoms with Gasteiger partial charge in [0.2, 0.25) is 10.0 Å². The molecule has 3 N–H and O–H groups in total. The monoisotopic (exact) mass is 363 g/mol. The third kappa shape index (κ3) is 8.34. The van der Waals surface area contributed by atoms with E-state index in [0.29, 0.717) is 45.2 Å². The van der Waals surface area contributed by atoms with E-state index < -0.39 is 10.0 Å². The number of hydrogen-bond acceptors (Lipinski definition) is 5. The molecule has 9 nitrogen and oxygen atoms in total. The van der Waals surface area contributed by atoms with Crippen molar-refractivity contribution in [2.75, 3.05) is 46.1 Å². The molecule has 0 aliphatic carbocycles. The SMILES string of the molecule is CCOC(=O)N1CCC(NC(=NC)NCCCNS(C)(=O)=O)CC1. The molecule has 0 bridgehead atoms. The number of sulfonamides is 1. The van der Waals surface area contributed by atoms with Gasteiger partial charge < -0.3 is 20.3 Å². The number of hydrogen-bond donors (Lipinski definition) is 3. The van der Waals surface area contributed by atoms with Crippen LogP contribution in [0.15, 0.2) is 4.99 Å². The number of likely N-dealkylation sites (tertiary alicyclic amines) is 1. The standard InChI is InChI=1S/C14H29N5O4S/c1-4-23-14(20)19-10-6-12(7-11-19)18-13(15-2)16-8-5-9-17-24(3,21)22/h12,17H,4-11H2,1-3H3,(H2,15,16,18). The average Bonchev–Trinajstić information content (AvgIpc) is 2.53. The maximum Gasteiger partial charge on any atom is 0.409 e. The molecule has 1 aliphatic heterocycles. The summed E-state index contributed by atoms with van der Waals surface area (Å²) in [7, 11) is -1.44. The van der Waals surface area contributed by atoms with Crippen LogP contribution in [0.1, 0.15) is 26.2 Å². The van der Waals surface area contributed by atoms with Gasteiger partial charge in [0.25, 0.3) is 0 Å². The normalized spacial score (nSPS) is 16.8. The van der Waals surface area contributed by atoms with Gasteiger partial charge in [-0.2, -0.15) is 0 Å². The van der Waals surface area contributed by atoms with E-state index in [0.717, 1.165) is 19.1 Å². The first-order valence-corrected chi connectivity index (χ1v) is 10.1. The van der Waals surface area contributed by atoms with Crippen molar-refractivity contribution in [2.45, 2.75) is 32.2 Å². The largest absolute Gasteiger partial charge is 0.450 e. The van der Waals surface area contributed by atoms with E-state index in [1.54, 1.807) is 18.9 Å². The number of amides is 1. The summed E-state index contributed by atoms with van der Waals surface area (Å²) in [6, 6.07) is 0.246. The number of carbonyl (C=O) groups excluding carboxylic acids is 1. The fraction of sp³-hybridized carbons (Fsp3) is 0.857. The predicted octanol–water partition coefficient (Wildman–Crippen LogP) is -0.288. The number of piperidine rings is 1. The molecule has 0 atom stereocenters. The van der Waals surface area contributed by atoms with Crippen molar-refractivity contribution in [2.24, 2.45) is 4.99 Å². The summed E-state index contributed by atoms with van der Waals surface area (Å²) >= 11 is 0. The van der Waals surface area contributed by atoms with Crippen molar-refractivity contribution in [1.82, 2.24) is 20.3 Å². The Kier molecular flexibility index (Phi) is 8.83.